The largest absolute Gasteiger partial charge is 0.396 e. The second-order valence-corrected chi connectivity index (χ2v) is 4.70. The Labute approximate surface area is 89.4 Å². The van der Waals surface area contributed by atoms with Gasteiger partial charge in [0.15, 0.2) is 0 Å². The molecule has 0 aliphatic rings. The number of nitrogens with zero attached hydrogens (tertiary/aromatic N) is 2. The van der Waals surface area contributed by atoms with Crippen molar-refractivity contribution in [2.24, 2.45) is 5.41 Å². The smallest absolute Gasteiger partial charge is 0.0693 e. The predicted octanol–water partition coefficient (Wildman–Crippen LogP) is 1.90. The van der Waals surface area contributed by atoms with Crippen LogP contribution in [0.1, 0.15) is 19.4 Å². The van der Waals surface area contributed by atoms with Gasteiger partial charge in [-0.3, -0.25) is 0 Å². The van der Waals surface area contributed by atoms with Crippen LogP contribution >= 0.6 is 0 Å². The van der Waals surface area contributed by atoms with Gasteiger partial charge in [-0.25, -0.2) is 4.52 Å². The Morgan fingerprint density at radius 2 is 2.20 bits per heavy atom. The Kier molecular flexibility index (Phi) is 2.49. The minimum absolute atomic E-state index is 0.0840. The van der Waals surface area contributed by atoms with E-state index in [1.807, 2.05) is 29.0 Å². The molecule has 1 N–H and O–H groups in total. The molecule has 0 amide bonds. The first-order valence-electron chi connectivity index (χ1n) is 5.14. The lowest BCUT2D eigenvalue weighted by Crippen LogP contribution is -2.19. The fourth-order valence-electron chi connectivity index (χ4n) is 1.70. The van der Waals surface area contributed by atoms with Gasteiger partial charge in [0.25, 0.3) is 0 Å². The van der Waals surface area contributed by atoms with Gasteiger partial charge in [-0.05, 0) is 29.5 Å². The molecule has 0 saturated carbocycles. The van der Waals surface area contributed by atoms with E-state index in [-0.39, 0.29) is 12.0 Å². The van der Waals surface area contributed by atoms with E-state index >= 15 is 0 Å². The van der Waals surface area contributed by atoms with Gasteiger partial charge in [0, 0.05) is 12.8 Å². The number of hydrogen-bond acceptors (Lipinski definition) is 2. The molecule has 3 heteroatoms. The second-order valence-electron chi connectivity index (χ2n) is 4.70. The number of aliphatic hydroxyl groups is 1. The van der Waals surface area contributed by atoms with Crippen molar-refractivity contribution in [3.8, 4) is 0 Å². The quantitative estimate of drug-likeness (QED) is 0.829. The Morgan fingerprint density at radius 1 is 1.40 bits per heavy atom. The molecule has 0 saturated heterocycles. The number of aliphatic hydroxyl groups excluding tert-OH is 1. The Balaban J connectivity index is 2.37. The van der Waals surface area contributed by atoms with E-state index in [9.17, 15) is 5.11 Å². The maximum atomic E-state index is 9.24. The van der Waals surface area contributed by atoms with Crippen LogP contribution in [0.3, 0.4) is 0 Å². The van der Waals surface area contributed by atoms with Gasteiger partial charge >= 0.3 is 0 Å². The molecule has 0 aliphatic carbocycles. The molecule has 2 aromatic rings. The molecular formula is C12H16N2O. The highest BCUT2D eigenvalue weighted by Crippen LogP contribution is 2.23. The monoisotopic (exact) mass is 204 g/mol. The summed E-state index contributed by atoms with van der Waals surface area (Å²) in [5, 5.41) is 13.5. The number of aromatic nitrogens is 2. The zero-order valence-electron chi connectivity index (χ0n) is 9.14. The van der Waals surface area contributed by atoms with Crippen molar-refractivity contribution in [2.45, 2.75) is 20.3 Å². The maximum Gasteiger partial charge on any atom is 0.0693 e. The standard InChI is InChI=1S/C12H16N2O/c1-12(2,9-15)7-10-8-13-14-6-4-3-5-11(10)14/h3-6,8,15H,7,9H2,1-2H3. The fourth-order valence-corrected chi connectivity index (χ4v) is 1.70. The van der Waals surface area contributed by atoms with Crippen LogP contribution in [0.25, 0.3) is 5.52 Å². The van der Waals surface area contributed by atoms with Crippen LogP contribution in [-0.4, -0.2) is 21.3 Å². The summed E-state index contributed by atoms with van der Waals surface area (Å²) in [6, 6.07) is 6.02. The maximum absolute atomic E-state index is 9.24. The molecule has 0 bridgehead atoms. The first-order chi connectivity index (χ1) is 7.12. The lowest BCUT2D eigenvalue weighted by atomic mass is 9.87. The van der Waals surface area contributed by atoms with Crippen LogP contribution in [0.15, 0.2) is 30.6 Å². The van der Waals surface area contributed by atoms with Gasteiger partial charge in [0.05, 0.1) is 11.7 Å². The fraction of sp³-hybridized carbons (Fsp3) is 0.417. The molecule has 0 fully saturated rings. The molecule has 0 aromatic carbocycles. The molecule has 0 unspecified atom stereocenters. The van der Waals surface area contributed by atoms with Crippen molar-refractivity contribution in [1.82, 2.24) is 9.61 Å². The van der Waals surface area contributed by atoms with Gasteiger partial charge in [0.1, 0.15) is 0 Å². The summed E-state index contributed by atoms with van der Waals surface area (Å²) in [6.07, 6.45) is 4.66. The van der Waals surface area contributed by atoms with Gasteiger partial charge in [-0.2, -0.15) is 5.10 Å². The number of hydrogen-bond donors (Lipinski definition) is 1. The third kappa shape index (κ3) is 2.02. The first-order valence-corrected chi connectivity index (χ1v) is 5.14. The minimum Gasteiger partial charge on any atom is -0.396 e. The van der Waals surface area contributed by atoms with Gasteiger partial charge in [-0.1, -0.05) is 19.9 Å². The Hall–Kier alpha value is -1.35. The van der Waals surface area contributed by atoms with Crippen molar-refractivity contribution >= 4 is 5.52 Å². The summed E-state index contributed by atoms with van der Waals surface area (Å²) in [5.74, 6) is 0. The summed E-state index contributed by atoms with van der Waals surface area (Å²) in [6.45, 7) is 4.30. The van der Waals surface area contributed by atoms with Crippen molar-refractivity contribution in [2.75, 3.05) is 6.61 Å². The summed E-state index contributed by atoms with van der Waals surface area (Å²) >= 11 is 0. The average molecular weight is 204 g/mol. The summed E-state index contributed by atoms with van der Waals surface area (Å²) in [4.78, 5) is 0. The molecule has 80 valence electrons. The van der Waals surface area contributed by atoms with Crippen molar-refractivity contribution in [3.05, 3.63) is 36.2 Å². The highest BCUT2D eigenvalue weighted by atomic mass is 16.3. The molecule has 0 radical (unpaired) electrons. The van der Waals surface area contributed by atoms with E-state index in [2.05, 4.69) is 25.0 Å². The van der Waals surface area contributed by atoms with E-state index in [1.165, 1.54) is 5.56 Å². The Morgan fingerprint density at radius 3 is 2.93 bits per heavy atom. The number of pyridine rings is 1. The Bertz CT molecular complexity index is 459. The summed E-state index contributed by atoms with van der Waals surface area (Å²) < 4.78 is 1.86. The number of fused-ring (bicyclic) bond motifs is 1. The van der Waals surface area contributed by atoms with E-state index in [0.29, 0.717) is 0 Å². The van der Waals surface area contributed by atoms with Crippen LogP contribution in [0.5, 0.6) is 0 Å². The summed E-state index contributed by atoms with van der Waals surface area (Å²) in [7, 11) is 0. The molecule has 2 aromatic heterocycles. The molecule has 0 atom stereocenters. The van der Waals surface area contributed by atoms with Crippen molar-refractivity contribution in [3.63, 3.8) is 0 Å². The third-order valence-electron chi connectivity index (χ3n) is 2.60. The predicted molar refractivity (Wildman–Crippen MR) is 59.8 cm³/mol. The van der Waals surface area contributed by atoms with E-state index in [1.54, 1.807) is 0 Å². The van der Waals surface area contributed by atoms with E-state index < -0.39 is 0 Å². The van der Waals surface area contributed by atoms with Crippen molar-refractivity contribution < 1.29 is 5.11 Å². The van der Waals surface area contributed by atoms with Crippen LogP contribution in [0.2, 0.25) is 0 Å². The highest BCUT2D eigenvalue weighted by Gasteiger charge is 2.19. The molecular weight excluding hydrogens is 188 g/mol. The van der Waals surface area contributed by atoms with Crippen LogP contribution in [-0.2, 0) is 6.42 Å². The molecule has 0 aliphatic heterocycles. The summed E-state index contributed by atoms with van der Waals surface area (Å²) in [5.41, 5.74) is 2.23. The van der Waals surface area contributed by atoms with Gasteiger partial charge in [-0.15, -0.1) is 0 Å². The van der Waals surface area contributed by atoms with Crippen molar-refractivity contribution in [1.29, 1.82) is 0 Å². The molecule has 15 heavy (non-hydrogen) atoms. The van der Waals surface area contributed by atoms with Crippen LogP contribution in [0.4, 0.5) is 0 Å². The zero-order valence-corrected chi connectivity index (χ0v) is 9.14. The van der Waals surface area contributed by atoms with Crippen LogP contribution < -0.4 is 0 Å². The van der Waals surface area contributed by atoms with Gasteiger partial charge in [0.2, 0.25) is 0 Å². The van der Waals surface area contributed by atoms with E-state index in [4.69, 9.17) is 0 Å². The number of rotatable bonds is 3. The SMILES string of the molecule is CC(C)(CO)Cc1cnn2ccccc12. The topological polar surface area (TPSA) is 37.5 Å². The zero-order chi connectivity index (χ0) is 10.9. The van der Waals surface area contributed by atoms with Gasteiger partial charge < -0.3 is 5.11 Å². The molecule has 3 nitrogen and oxygen atoms in total. The minimum atomic E-state index is -0.0840. The second kappa shape index (κ2) is 3.66. The first kappa shape index (κ1) is 10.2. The molecule has 2 heterocycles. The third-order valence-corrected chi connectivity index (χ3v) is 2.60. The average Bonchev–Trinajstić information content (AvgIpc) is 2.62. The normalized spacial score (nSPS) is 12.2. The lowest BCUT2D eigenvalue weighted by Gasteiger charge is -2.20. The molecule has 0 spiro atoms. The molecule has 2 rings (SSSR count). The van der Waals surface area contributed by atoms with E-state index in [0.717, 1.165) is 11.9 Å². The lowest BCUT2D eigenvalue weighted by molar-refractivity contribution is 0.160. The van der Waals surface area contributed by atoms with Crippen LogP contribution in [0, 0.1) is 5.41 Å². The highest BCUT2D eigenvalue weighted by molar-refractivity contribution is 5.53.